The van der Waals surface area contributed by atoms with Crippen LogP contribution in [0.2, 0.25) is 0 Å². The maximum Gasteiger partial charge on any atom is 0.310 e. The van der Waals surface area contributed by atoms with Gasteiger partial charge < -0.3 is 15.2 Å². The van der Waals surface area contributed by atoms with Crippen LogP contribution in [-0.4, -0.2) is 29.3 Å². The van der Waals surface area contributed by atoms with Gasteiger partial charge in [-0.25, -0.2) is 0 Å². The number of rotatable bonds is 8. The molecule has 2 N–H and O–H groups in total. The highest BCUT2D eigenvalue weighted by atomic mass is 16.6. The first-order valence-corrected chi connectivity index (χ1v) is 7.40. The molecule has 0 unspecified atom stereocenters. The number of hydrogen-bond acceptors (Lipinski definition) is 5. The van der Waals surface area contributed by atoms with E-state index in [1.165, 1.54) is 12.1 Å². The number of aliphatic hydroxyl groups is 1. The van der Waals surface area contributed by atoms with Crippen LogP contribution in [-0.2, 0) is 0 Å². The molecule has 0 aliphatic carbocycles. The lowest BCUT2D eigenvalue weighted by Gasteiger charge is -2.18. The average Bonchev–Trinajstić information content (AvgIpc) is 2.58. The van der Waals surface area contributed by atoms with Crippen LogP contribution >= 0.6 is 0 Å². The fourth-order valence-corrected chi connectivity index (χ4v) is 2.15. The number of nitro benzene ring substituents is 1. The Bertz CT molecular complexity index is 634. The van der Waals surface area contributed by atoms with Gasteiger partial charge in [0.25, 0.3) is 0 Å². The van der Waals surface area contributed by atoms with Gasteiger partial charge in [-0.05, 0) is 18.6 Å². The Labute approximate surface area is 134 Å². The van der Waals surface area contributed by atoms with E-state index in [1.54, 1.807) is 12.1 Å². The summed E-state index contributed by atoms with van der Waals surface area (Å²) < 4.78 is 5.37. The van der Waals surface area contributed by atoms with Crippen LogP contribution < -0.4 is 10.1 Å². The van der Waals surface area contributed by atoms with Crippen molar-refractivity contribution >= 4 is 5.69 Å². The SMILES string of the molecule is C[C@@H](NC[C@@H](O)COc1ccccc1[N+](=O)[O-])c1ccccc1. The molecular weight excluding hydrogens is 296 g/mol. The van der Waals surface area contributed by atoms with Crippen molar-refractivity contribution < 1.29 is 14.8 Å². The van der Waals surface area contributed by atoms with E-state index >= 15 is 0 Å². The highest BCUT2D eigenvalue weighted by Gasteiger charge is 2.15. The van der Waals surface area contributed by atoms with Crippen molar-refractivity contribution in [1.29, 1.82) is 0 Å². The third-order valence-corrected chi connectivity index (χ3v) is 3.45. The summed E-state index contributed by atoms with van der Waals surface area (Å²) in [7, 11) is 0. The fourth-order valence-electron chi connectivity index (χ4n) is 2.15. The highest BCUT2D eigenvalue weighted by molar-refractivity contribution is 5.45. The van der Waals surface area contributed by atoms with Crippen molar-refractivity contribution in [2.24, 2.45) is 0 Å². The van der Waals surface area contributed by atoms with E-state index in [2.05, 4.69) is 5.32 Å². The van der Waals surface area contributed by atoms with Crippen LogP contribution in [0.1, 0.15) is 18.5 Å². The summed E-state index contributed by atoms with van der Waals surface area (Å²) in [5.74, 6) is 0.160. The van der Waals surface area contributed by atoms with Crippen LogP contribution in [0, 0.1) is 10.1 Å². The number of ether oxygens (including phenoxy) is 1. The lowest BCUT2D eigenvalue weighted by molar-refractivity contribution is -0.385. The quantitative estimate of drug-likeness (QED) is 0.578. The van der Waals surface area contributed by atoms with Crippen LogP contribution in [0.25, 0.3) is 0 Å². The number of benzene rings is 2. The Kier molecular flexibility index (Phi) is 6.08. The summed E-state index contributed by atoms with van der Waals surface area (Å²) in [6.45, 7) is 2.32. The van der Waals surface area contributed by atoms with Crippen molar-refractivity contribution in [2.45, 2.75) is 19.1 Å². The van der Waals surface area contributed by atoms with E-state index < -0.39 is 11.0 Å². The first-order valence-electron chi connectivity index (χ1n) is 7.40. The largest absolute Gasteiger partial charge is 0.484 e. The molecule has 2 aromatic rings. The minimum absolute atomic E-state index is 0.0145. The van der Waals surface area contributed by atoms with Gasteiger partial charge in [-0.15, -0.1) is 0 Å². The first kappa shape index (κ1) is 16.9. The Hall–Kier alpha value is -2.44. The molecule has 0 aliphatic heterocycles. The van der Waals surface area contributed by atoms with Crippen molar-refractivity contribution in [3.63, 3.8) is 0 Å². The van der Waals surface area contributed by atoms with Gasteiger partial charge >= 0.3 is 5.69 Å². The van der Waals surface area contributed by atoms with Gasteiger partial charge in [-0.3, -0.25) is 10.1 Å². The zero-order valence-corrected chi connectivity index (χ0v) is 12.9. The van der Waals surface area contributed by atoms with Crippen LogP contribution in [0.15, 0.2) is 54.6 Å². The van der Waals surface area contributed by atoms with Gasteiger partial charge in [0.05, 0.1) is 4.92 Å². The molecule has 6 heteroatoms. The Morgan fingerprint density at radius 1 is 1.17 bits per heavy atom. The second kappa shape index (κ2) is 8.26. The summed E-state index contributed by atoms with van der Waals surface area (Å²) >= 11 is 0. The number of para-hydroxylation sites is 2. The summed E-state index contributed by atoms with van der Waals surface area (Å²) in [4.78, 5) is 10.4. The smallest absolute Gasteiger partial charge is 0.310 e. The molecule has 0 radical (unpaired) electrons. The molecule has 2 aromatic carbocycles. The van der Waals surface area contributed by atoms with E-state index in [-0.39, 0.29) is 24.1 Å². The summed E-state index contributed by atoms with van der Waals surface area (Å²) in [6.07, 6.45) is -0.763. The number of aliphatic hydroxyl groups excluding tert-OH is 1. The number of nitrogens with one attached hydrogen (secondary N) is 1. The number of hydrogen-bond donors (Lipinski definition) is 2. The van der Waals surface area contributed by atoms with Gasteiger partial charge in [0, 0.05) is 18.7 Å². The maximum atomic E-state index is 10.9. The molecule has 0 fully saturated rings. The predicted molar refractivity (Wildman–Crippen MR) is 87.5 cm³/mol. The summed E-state index contributed by atoms with van der Waals surface area (Å²) in [5.41, 5.74) is 1.02. The van der Waals surface area contributed by atoms with Crippen LogP contribution in [0.3, 0.4) is 0 Å². The molecule has 0 saturated heterocycles. The van der Waals surface area contributed by atoms with E-state index in [1.807, 2.05) is 37.3 Å². The Morgan fingerprint density at radius 3 is 2.52 bits per heavy atom. The molecule has 23 heavy (non-hydrogen) atoms. The Morgan fingerprint density at radius 2 is 1.83 bits per heavy atom. The van der Waals surface area contributed by atoms with Crippen LogP contribution in [0.4, 0.5) is 5.69 Å². The molecule has 6 nitrogen and oxygen atoms in total. The normalized spacial score (nSPS) is 13.3. The Balaban J connectivity index is 1.82. The van der Waals surface area contributed by atoms with Crippen molar-refractivity contribution in [1.82, 2.24) is 5.32 Å². The van der Waals surface area contributed by atoms with E-state index in [0.717, 1.165) is 5.56 Å². The molecule has 0 heterocycles. The van der Waals surface area contributed by atoms with E-state index in [0.29, 0.717) is 6.54 Å². The second-order valence-corrected chi connectivity index (χ2v) is 5.23. The van der Waals surface area contributed by atoms with Gasteiger partial charge in [0.2, 0.25) is 0 Å². The zero-order chi connectivity index (χ0) is 16.7. The highest BCUT2D eigenvalue weighted by Crippen LogP contribution is 2.25. The van der Waals surface area contributed by atoms with Crippen molar-refractivity contribution in [3.8, 4) is 5.75 Å². The van der Waals surface area contributed by atoms with Gasteiger partial charge in [-0.1, -0.05) is 42.5 Å². The molecule has 0 aliphatic rings. The second-order valence-electron chi connectivity index (χ2n) is 5.23. The van der Waals surface area contributed by atoms with Gasteiger partial charge in [-0.2, -0.15) is 0 Å². The van der Waals surface area contributed by atoms with Crippen molar-refractivity contribution in [2.75, 3.05) is 13.2 Å². The molecular formula is C17H20N2O4. The predicted octanol–water partition coefficient (Wildman–Crippen LogP) is 2.69. The first-order chi connectivity index (χ1) is 11.1. The molecule has 0 amide bonds. The minimum atomic E-state index is -0.763. The van der Waals surface area contributed by atoms with Crippen molar-refractivity contribution in [3.05, 3.63) is 70.3 Å². The minimum Gasteiger partial charge on any atom is -0.484 e. The topological polar surface area (TPSA) is 84.6 Å². The maximum absolute atomic E-state index is 10.9. The molecule has 0 aromatic heterocycles. The number of nitro groups is 1. The molecule has 0 saturated carbocycles. The summed E-state index contributed by atoms with van der Waals surface area (Å²) in [5, 5.41) is 24.1. The van der Waals surface area contributed by atoms with Gasteiger partial charge in [0.15, 0.2) is 5.75 Å². The lowest BCUT2D eigenvalue weighted by Crippen LogP contribution is -2.33. The standard InChI is InChI=1S/C17H20N2O4/c1-13(14-7-3-2-4-8-14)18-11-15(20)12-23-17-10-6-5-9-16(17)19(21)22/h2-10,13,15,18,20H,11-12H2,1H3/t13-,15-/m1/s1. The fraction of sp³-hybridized carbons (Fsp3) is 0.294. The third-order valence-electron chi connectivity index (χ3n) is 3.45. The summed E-state index contributed by atoms with van der Waals surface area (Å²) in [6, 6.07) is 16.1. The monoisotopic (exact) mass is 316 g/mol. The third kappa shape index (κ3) is 5.05. The molecule has 0 spiro atoms. The number of nitrogens with zero attached hydrogens (tertiary/aromatic N) is 1. The van der Waals surface area contributed by atoms with E-state index in [4.69, 9.17) is 4.74 Å². The molecule has 2 atom stereocenters. The average molecular weight is 316 g/mol. The van der Waals surface area contributed by atoms with Gasteiger partial charge in [0.1, 0.15) is 12.7 Å². The van der Waals surface area contributed by atoms with E-state index in [9.17, 15) is 15.2 Å². The molecule has 122 valence electrons. The zero-order valence-electron chi connectivity index (χ0n) is 12.9. The van der Waals surface area contributed by atoms with Crippen LogP contribution in [0.5, 0.6) is 5.75 Å². The molecule has 2 rings (SSSR count). The lowest BCUT2D eigenvalue weighted by atomic mass is 10.1. The molecule has 0 bridgehead atoms.